The van der Waals surface area contributed by atoms with Gasteiger partial charge < -0.3 is 10.4 Å². The molecule has 0 saturated heterocycles. The fraction of sp³-hybridized carbons (Fsp3) is 0.316. The van der Waals surface area contributed by atoms with Gasteiger partial charge in [-0.2, -0.15) is 0 Å². The first kappa shape index (κ1) is 17.2. The molecule has 23 heavy (non-hydrogen) atoms. The van der Waals surface area contributed by atoms with Gasteiger partial charge in [0.1, 0.15) is 11.4 Å². The van der Waals surface area contributed by atoms with Crippen molar-refractivity contribution in [2.45, 2.75) is 32.3 Å². The molecule has 1 amide bonds. The maximum Gasteiger partial charge on any atom is 0.224 e. The molecule has 2 aromatic carbocycles. The van der Waals surface area contributed by atoms with Crippen LogP contribution in [0, 0.1) is 5.82 Å². The third kappa shape index (κ3) is 4.89. The summed E-state index contributed by atoms with van der Waals surface area (Å²) in [7, 11) is 0. The summed E-state index contributed by atoms with van der Waals surface area (Å²) in [4.78, 5) is 12.0. The highest BCUT2D eigenvalue weighted by atomic mass is 19.1. The summed E-state index contributed by atoms with van der Waals surface area (Å²) >= 11 is 0. The first-order valence-corrected chi connectivity index (χ1v) is 7.73. The summed E-state index contributed by atoms with van der Waals surface area (Å²) in [6.07, 6.45) is 1.23. The lowest BCUT2D eigenvalue weighted by atomic mass is 9.96. The number of aryl methyl sites for hydroxylation is 1. The monoisotopic (exact) mass is 315 g/mol. The van der Waals surface area contributed by atoms with Crippen LogP contribution in [0.25, 0.3) is 0 Å². The van der Waals surface area contributed by atoms with E-state index in [1.54, 1.807) is 6.92 Å². The van der Waals surface area contributed by atoms with Crippen LogP contribution in [0.2, 0.25) is 0 Å². The zero-order valence-corrected chi connectivity index (χ0v) is 13.5. The lowest BCUT2D eigenvalue weighted by Crippen LogP contribution is -2.39. The smallest absolute Gasteiger partial charge is 0.224 e. The van der Waals surface area contributed by atoms with Crippen molar-refractivity contribution >= 4 is 5.91 Å². The second kappa shape index (κ2) is 7.38. The molecule has 0 aliphatic rings. The minimum atomic E-state index is -1.24. The number of carbonyl (C=O) groups excluding carboxylic acids is 1. The second-order valence-corrected chi connectivity index (χ2v) is 5.90. The van der Waals surface area contributed by atoms with Gasteiger partial charge >= 0.3 is 0 Å². The Labute approximate surface area is 136 Å². The maximum atomic E-state index is 12.9. The van der Waals surface area contributed by atoms with Crippen molar-refractivity contribution in [1.29, 1.82) is 0 Å². The van der Waals surface area contributed by atoms with Crippen molar-refractivity contribution in [3.63, 3.8) is 0 Å². The summed E-state index contributed by atoms with van der Waals surface area (Å²) < 4.78 is 12.9. The van der Waals surface area contributed by atoms with Crippen LogP contribution in [-0.2, 0) is 23.2 Å². The largest absolute Gasteiger partial charge is 0.384 e. The van der Waals surface area contributed by atoms with Gasteiger partial charge in [0.15, 0.2) is 0 Å². The van der Waals surface area contributed by atoms with E-state index in [2.05, 4.69) is 12.2 Å². The third-order valence-electron chi connectivity index (χ3n) is 3.89. The zero-order chi connectivity index (χ0) is 16.9. The summed E-state index contributed by atoms with van der Waals surface area (Å²) in [5.74, 6) is -0.513. The molecule has 2 aromatic rings. The minimum Gasteiger partial charge on any atom is -0.384 e. The van der Waals surface area contributed by atoms with Gasteiger partial charge in [0, 0.05) is 0 Å². The topological polar surface area (TPSA) is 49.3 Å². The molecule has 4 heteroatoms. The predicted molar refractivity (Wildman–Crippen MR) is 88.5 cm³/mol. The molecule has 0 bridgehead atoms. The van der Waals surface area contributed by atoms with E-state index in [0.717, 1.165) is 12.0 Å². The summed E-state index contributed by atoms with van der Waals surface area (Å²) in [6, 6.07) is 13.5. The van der Waals surface area contributed by atoms with Crippen LogP contribution in [0.1, 0.15) is 30.5 Å². The molecule has 0 fully saturated rings. The van der Waals surface area contributed by atoms with Crippen molar-refractivity contribution in [2.75, 3.05) is 6.54 Å². The Morgan fingerprint density at radius 1 is 1.09 bits per heavy atom. The van der Waals surface area contributed by atoms with E-state index in [9.17, 15) is 14.3 Å². The Kier molecular flexibility index (Phi) is 5.50. The molecule has 0 spiro atoms. The van der Waals surface area contributed by atoms with Crippen molar-refractivity contribution < 1.29 is 14.3 Å². The van der Waals surface area contributed by atoms with Crippen LogP contribution in [-0.4, -0.2) is 17.6 Å². The Balaban J connectivity index is 1.90. The number of halogens is 1. The maximum absolute atomic E-state index is 12.9. The van der Waals surface area contributed by atoms with Gasteiger partial charge in [-0.1, -0.05) is 43.3 Å². The van der Waals surface area contributed by atoms with E-state index >= 15 is 0 Å². The molecule has 2 N–H and O–H groups in total. The second-order valence-electron chi connectivity index (χ2n) is 5.90. The molecule has 1 unspecified atom stereocenters. The van der Waals surface area contributed by atoms with E-state index in [4.69, 9.17) is 0 Å². The predicted octanol–water partition coefficient (Wildman–Crippen LogP) is 2.95. The molecule has 3 nitrogen and oxygen atoms in total. The molecule has 2 rings (SSSR count). The van der Waals surface area contributed by atoms with E-state index < -0.39 is 5.60 Å². The van der Waals surface area contributed by atoms with E-state index in [1.165, 1.54) is 29.8 Å². The van der Waals surface area contributed by atoms with Crippen molar-refractivity contribution in [1.82, 2.24) is 5.32 Å². The number of benzene rings is 2. The van der Waals surface area contributed by atoms with Gasteiger partial charge in [-0.15, -0.1) is 0 Å². The van der Waals surface area contributed by atoms with Crippen LogP contribution in [0.15, 0.2) is 48.5 Å². The fourth-order valence-electron chi connectivity index (χ4n) is 2.32. The van der Waals surface area contributed by atoms with Gasteiger partial charge in [0.25, 0.3) is 0 Å². The number of amides is 1. The van der Waals surface area contributed by atoms with E-state index in [-0.39, 0.29) is 24.7 Å². The molecule has 0 radical (unpaired) electrons. The van der Waals surface area contributed by atoms with Crippen molar-refractivity contribution in [3.05, 3.63) is 71.0 Å². The van der Waals surface area contributed by atoms with Crippen LogP contribution in [0.3, 0.4) is 0 Å². The highest BCUT2D eigenvalue weighted by molar-refractivity contribution is 5.78. The van der Waals surface area contributed by atoms with Crippen LogP contribution in [0.4, 0.5) is 4.39 Å². The molecule has 0 saturated carbocycles. The van der Waals surface area contributed by atoms with Gasteiger partial charge in [-0.05, 0) is 42.2 Å². The molecular formula is C19H22FNO2. The highest BCUT2D eigenvalue weighted by Gasteiger charge is 2.23. The third-order valence-corrected chi connectivity index (χ3v) is 3.89. The van der Waals surface area contributed by atoms with Crippen LogP contribution >= 0.6 is 0 Å². The number of hydrogen-bond acceptors (Lipinski definition) is 2. The molecule has 0 aliphatic carbocycles. The zero-order valence-electron chi connectivity index (χ0n) is 13.5. The highest BCUT2D eigenvalue weighted by Crippen LogP contribution is 2.19. The summed E-state index contributed by atoms with van der Waals surface area (Å²) in [5, 5.41) is 13.2. The Morgan fingerprint density at radius 2 is 1.65 bits per heavy atom. The average Bonchev–Trinajstić information content (AvgIpc) is 2.54. The standard InChI is InChI=1S/C19H22FNO2/c1-3-14-4-6-15(7-5-14)12-18(22)21-13-19(2,23)16-8-10-17(20)11-9-16/h4-11,23H,3,12-13H2,1-2H3,(H,21,22). The lowest BCUT2D eigenvalue weighted by molar-refractivity contribution is -0.121. The first-order chi connectivity index (χ1) is 10.9. The number of nitrogens with one attached hydrogen (secondary N) is 1. The van der Waals surface area contributed by atoms with Crippen LogP contribution in [0.5, 0.6) is 0 Å². The first-order valence-electron chi connectivity index (χ1n) is 7.73. The molecule has 0 aromatic heterocycles. The Bertz CT molecular complexity index is 648. The Morgan fingerprint density at radius 3 is 2.22 bits per heavy atom. The van der Waals surface area contributed by atoms with Crippen molar-refractivity contribution in [3.8, 4) is 0 Å². The van der Waals surface area contributed by atoms with Gasteiger partial charge in [-0.3, -0.25) is 4.79 Å². The Hall–Kier alpha value is -2.20. The van der Waals surface area contributed by atoms with Gasteiger partial charge in [0.2, 0.25) is 5.91 Å². The van der Waals surface area contributed by atoms with E-state index in [1.807, 2.05) is 24.3 Å². The SMILES string of the molecule is CCc1ccc(CC(=O)NCC(C)(O)c2ccc(F)cc2)cc1. The molecule has 122 valence electrons. The molecule has 0 heterocycles. The minimum absolute atomic E-state index is 0.0739. The van der Waals surface area contributed by atoms with Crippen molar-refractivity contribution in [2.24, 2.45) is 0 Å². The van der Waals surface area contributed by atoms with Crippen LogP contribution < -0.4 is 5.32 Å². The fourth-order valence-corrected chi connectivity index (χ4v) is 2.32. The molecule has 0 aliphatic heterocycles. The number of rotatable bonds is 6. The molecule has 1 atom stereocenters. The number of carbonyl (C=O) groups is 1. The van der Waals surface area contributed by atoms with Gasteiger partial charge in [0.05, 0.1) is 13.0 Å². The summed E-state index contributed by atoms with van der Waals surface area (Å²) in [5.41, 5.74) is 1.48. The summed E-state index contributed by atoms with van der Waals surface area (Å²) in [6.45, 7) is 3.75. The average molecular weight is 315 g/mol. The number of hydrogen-bond donors (Lipinski definition) is 2. The molecular weight excluding hydrogens is 293 g/mol. The normalized spacial score (nSPS) is 13.4. The number of aliphatic hydroxyl groups is 1. The van der Waals surface area contributed by atoms with E-state index in [0.29, 0.717) is 5.56 Å². The lowest BCUT2D eigenvalue weighted by Gasteiger charge is -2.24. The van der Waals surface area contributed by atoms with Gasteiger partial charge in [-0.25, -0.2) is 4.39 Å². The quantitative estimate of drug-likeness (QED) is 0.861.